The maximum Gasteiger partial charge on any atom is 0.262 e. The van der Waals surface area contributed by atoms with Gasteiger partial charge in [0.2, 0.25) is 11.8 Å². The van der Waals surface area contributed by atoms with Gasteiger partial charge in [0.25, 0.3) is 11.8 Å². The van der Waals surface area contributed by atoms with E-state index in [1.54, 1.807) is 18.2 Å². The molecule has 6 heterocycles. The molecule has 0 spiro atoms. The van der Waals surface area contributed by atoms with Crippen molar-refractivity contribution in [1.29, 1.82) is 0 Å². The van der Waals surface area contributed by atoms with Gasteiger partial charge in [-0.1, -0.05) is 0 Å². The van der Waals surface area contributed by atoms with Gasteiger partial charge in [-0.3, -0.25) is 44.0 Å². The number of imide groups is 2. The number of amides is 4. The van der Waals surface area contributed by atoms with Gasteiger partial charge in [-0.15, -0.1) is 0 Å². The summed E-state index contributed by atoms with van der Waals surface area (Å²) in [6, 6.07) is 12.2. The zero-order chi connectivity index (χ0) is 35.0. The van der Waals surface area contributed by atoms with E-state index in [1.807, 2.05) is 13.1 Å². The van der Waals surface area contributed by atoms with E-state index in [-0.39, 0.29) is 29.9 Å². The Morgan fingerprint density at radius 2 is 1.75 bits per heavy atom. The number of benzene rings is 2. The number of likely N-dealkylation sites (tertiary alicyclic amines) is 1. The van der Waals surface area contributed by atoms with Gasteiger partial charge in [0, 0.05) is 61.3 Å². The lowest BCUT2D eigenvalue weighted by Crippen LogP contribution is -2.54. The first-order chi connectivity index (χ1) is 24.7. The van der Waals surface area contributed by atoms with Gasteiger partial charge in [0.05, 0.1) is 45.8 Å². The van der Waals surface area contributed by atoms with Crippen LogP contribution >= 0.6 is 0 Å². The number of nitrogens with one attached hydrogen (secondary N) is 2. The Labute approximate surface area is 295 Å². The molecule has 0 radical (unpaired) electrons. The van der Waals surface area contributed by atoms with Crippen molar-refractivity contribution in [3.8, 4) is 11.3 Å². The molecule has 2 aromatic carbocycles. The van der Waals surface area contributed by atoms with Crippen LogP contribution in [-0.4, -0.2) is 98.0 Å². The summed E-state index contributed by atoms with van der Waals surface area (Å²) in [6.07, 6.45) is 9.67. The molecule has 1 unspecified atom stereocenters. The quantitative estimate of drug-likeness (QED) is 0.196. The predicted molar refractivity (Wildman–Crippen MR) is 190 cm³/mol. The molecule has 4 aliphatic heterocycles. The number of nitrogens with zero attached hydrogens (tertiary/aromatic N) is 7. The van der Waals surface area contributed by atoms with Gasteiger partial charge in [0.1, 0.15) is 6.04 Å². The molecule has 13 nitrogen and oxygen atoms in total. The molecule has 4 amide bonds. The number of aryl methyl sites for hydroxylation is 1. The summed E-state index contributed by atoms with van der Waals surface area (Å²) in [5, 5.41) is 10.5. The van der Waals surface area contributed by atoms with Crippen LogP contribution in [0.25, 0.3) is 22.3 Å². The third-order valence-electron chi connectivity index (χ3n) is 11.7. The maximum atomic E-state index is 13.1. The van der Waals surface area contributed by atoms with Crippen LogP contribution in [0.15, 0.2) is 48.8 Å². The molecule has 262 valence electrons. The monoisotopic (exact) mass is 687 g/mol. The van der Waals surface area contributed by atoms with Crippen molar-refractivity contribution >= 4 is 46.0 Å². The molecule has 2 bridgehead atoms. The smallest absolute Gasteiger partial charge is 0.262 e. The molecule has 13 heteroatoms. The maximum absolute atomic E-state index is 13.1. The lowest BCUT2D eigenvalue weighted by atomic mass is 9.77. The number of hydrogen-bond acceptors (Lipinski definition) is 10. The Morgan fingerprint density at radius 3 is 2.53 bits per heavy atom. The molecular weight excluding hydrogens is 646 g/mol. The number of carbonyl (C=O) groups excluding carboxylic acids is 4. The SMILES string of the molecule is Cc1nn([C@H]2C[C@H](CCCNc3ccc4c(c3)C(=O)N(C3CCC(=O)NC3=O)C4=O)C2)cc1-c1cnc2ccc(N3C[C@H]4C[C@@H]3CN4C)cc2n1. The second-order valence-electron chi connectivity index (χ2n) is 14.9. The highest BCUT2D eigenvalue weighted by molar-refractivity contribution is 6.23. The van der Waals surface area contributed by atoms with E-state index in [2.05, 4.69) is 56.6 Å². The van der Waals surface area contributed by atoms with E-state index in [4.69, 9.17) is 15.1 Å². The van der Waals surface area contributed by atoms with Crippen LogP contribution in [0.4, 0.5) is 11.4 Å². The fourth-order valence-electron chi connectivity index (χ4n) is 8.77. The van der Waals surface area contributed by atoms with Crippen LogP contribution in [0.5, 0.6) is 0 Å². The van der Waals surface area contributed by atoms with Crippen LogP contribution in [0.3, 0.4) is 0 Å². The molecule has 4 fully saturated rings. The molecule has 9 rings (SSSR count). The molecule has 51 heavy (non-hydrogen) atoms. The number of likely N-dealkylation sites (N-methyl/N-ethyl adjacent to an activating group) is 1. The highest BCUT2D eigenvalue weighted by atomic mass is 16.2. The van der Waals surface area contributed by atoms with E-state index in [9.17, 15) is 19.2 Å². The van der Waals surface area contributed by atoms with Crippen molar-refractivity contribution in [2.45, 2.75) is 76.0 Å². The summed E-state index contributed by atoms with van der Waals surface area (Å²) >= 11 is 0. The predicted octanol–water partition coefficient (Wildman–Crippen LogP) is 3.94. The summed E-state index contributed by atoms with van der Waals surface area (Å²) in [5.74, 6) is -1.37. The summed E-state index contributed by atoms with van der Waals surface area (Å²) in [6.45, 7) is 4.97. The molecule has 3 atom stereocenters. The van der Waals surface area contributed by atoms with E-state index in [0.717, 1.165) is 83.9 Å². The van der Waals surface area contributed by atoms with Crippen LogP contribution in [0.1, 0.15) is 77.4 Å². The minimum absolute atomic E-state index is 0.0977. The Morgan fingerprint density at radius 1 is 0.902 bits per heavy atom. The van der Waals surface area contributed by atoms with Gasteiger partial charge in [-0.2, -0.15) is 5.10 Å². The normalized spacial score (nSPS) is 25.9. The zero-order valence-electron chi connectivity index (χ0n) is 28.8. The molecule has 2 N–H and O–H groups in total. The van der Waals surface area contributed by atoms with Gasteiger partial charge in [-0.25, -0.2) is 4.98 Å². The lowest BCUT2D eigenvalue weighted by Gasteiger charge is -2.35. The van der Waals surface area contributed by atoms with Crippen LogP contribution in [-0.2, 0) is 9.59 Å². The largest absolute Gasteiger partial charge is 0.385 e. The minimum Gasteiger partial charge on any atom is -0.385 e. The van der Waals surface area contributed by atoms with Crippen LogP contribution in [0.2, 0.25) is 0 Å². The number of piperazine rings is 1. The highest BCUT2D eigenvalue weighted by Gasteiger charge is 2.45. The Hall–Kier alpha value is -5.17. The molecule has 1 aliphatic carbocycles. The molecule has 3 saturated heterocycles. The molecule has 4 aromatic rings. The number of carbonyl (C=O) groups is 4. The molecular formula is C38H41N9O4. The van der Waals surface area contributed by atoms with E-state index in [0.29, 0.717) is 24.0 Å². The number of anilines is 2. The standard InChI is InChI=1S/C38H41N9O4/c1-21-30(33-17-40-31-8-6-24(16-32(31)41-33)45-19-26-15-27(45)18-44(26)2)20-46(43-21)25-12-22(13-25)4-3-11-39-23-5-7-28-29(14-23)38(51)47(37(28)50)34-9-10-35(48)42-36(34)49/h5-8,14,16-17,20,22,25-27,34,39H,3-4,9-13,15,18-19H2,1-2H3,(H,42,48,49)/t22-,25-,26-,27-,34?/m1/s1. The summed E-state index contributed by atoms with van der Waals surface area (Å²) in [5.41, 5.74) is 7.22. The second kappa shape index (κ2) is 12.3. The topological polar surface area (TPSA) is 146 Å². The van der Waals surface area contributed by atoms with Crippen LogP contribution < -0.4 is 15.5 Å². The van der Waals surface area contributed by atoms with Crippen molar-refractivity contribution in [2.24, 2.45) is 5.92 Å². The minimum atomic E-state index is -0.964. The molecule has 2 aromatic heterocycles. The Kier molecular flexibility index (Phi) is 7.64. The number of piperidine rings is 1. The Balaban J connectivity index is 0.777. The lowest BCUT2D eigenvalue weighted by molar-refractivity contribution is -0.136. The van der Waals surface area contributed by atoms with Crippen molar-refractivity contribution in [3.05, 3.63) is 65.6 Å². The van der Waals surface area contributed by atoms with Crippen molar-refractivity contribution in [2.75, 3.05) is 36.9 Å². The number of aromatic nitrogens is 4. The number of hydrogen-bond donors (Lipinski definition) is 2. The fraction of sp³-hybridized carbons (Fsp3) is 0.447. The number of rotatable bonds is 9. The molecule has 1 saturated carbocycles. The average molecular weight is 688 g/mol. The number of fused-ring (bicyclic) bond motifs is 4. The first-order valence-corrected chi connectivity index (χ1v) is 18.1. The van der Waals surface area contributed by atoms with Crippen LogP contribution in [0, 0.1) is 12.8 Å². The summed E-state index contributed by atoms with van der Waals surface area (Å²) in [4.78, 5) is 65.8. The van der Waals surface area contributed by atoms with Crippen molar-refractivity contribution in [3.63, 3.8) is 0 Å². The highest BCUT2D eigenvalue weighted by Crippen LogP contribution is 2.41. The average Bonchev–Trinajstić information content (AvgIpc) is 3.85. The zero-order valence-corrected chi connectivity index (χ0v) is 28.8. The van der Waals surface area contributed by atoms with Gasteiger partial charge in [-0.05, 0) is 94.8 Å². The Bertz CT molecular complexity index is 2100. The third kappa shape index (κ3) is 5.54. The summed E-state index contributed by atoms with van der Waals surface area (Å²) < 4.78 is 2.11. The third-order valence-corrected chi connectivity index (χ3v) is 11.7. The summed E-state index contributed by atoms with van der Waals surface area (Å²) in [7, 11) is 2.22. The van der Waals surface area contributed by atoms with E-state index >= 15 is 0 Å². The first-order valence-electron chi connectivity index (χ1n) is 18.1. The van der Waals surface area contributed by atoms with E-state index < -0.39 is 23.8 Å². The fourth-order valence-corrected chi connectivity index (χ4v) is 8.77. The van der Waals surface area contributed by atoms with Crippen molar-refractivity contribution < 1.29 is 19.2 Å². The van der Waals surface area contributed by atoms with Crippen molar-refractivity contribution in [1.82, 2.24) is 34.9 Å². The molecule has 5 aliphatic rings. The first kappa shape index (κ1) is 31.8. The second-order valence-corrected chi connectivity index (χ2v) is 14.9. The van der Waals surface area contributed by atoms with E-state index in [1.165, 1.54) is 12.1 Å². The van der Waals surface area contributed by atoms with Gasteiger partial charge in [0.15, 0.2) is 0 Å². The van der Waals surface area contributed by atoms with Gasteiger partial charge < -0.3 is 10.2 Å². The van der Waals surface area contributed by atoms with Gasteiger partial charge >= 0.3 is 0 Å².